The summed E-state index contributed by atoms with van der Waals surface area (Å²) in [4.78, 5) is 22.5. The van der Waals surface area contributed by atoms with Gasteiger partial charge in [0, 0.05) is 29.4 Å². The van der Waals surface area contributed by atoms with Crippen LogP contribution < -0.4 is 14.8 Å². The molecule has 1 aliphatic carbocycles. The lowest BCUT2D eigenvalue weighted by atomic mass is 10.2. The van der Waals surface area contributed by atoms with Crippen molar-refractivity contribution >= 4 is 17.3 Å². The molecule has 2 aromatic carbocycles. The van der Waals surface area contributed by atoms with Gasteiger partial charge in [-0.15, -0.1) is 0 Å². The molecule has 0 bridgehead atoms. The third-order valence-electron chi connectivity index (χ3n) is 4.36. The second-order valence-corrected chi connectivity index (χ2v) is 6.15. The summed E-state index contributed by atoms with van der Waals surface area (Å²) in [5.74, 6) is 0.864. The summed E-state index contributed by atoms with van der Waals surface area (Å²) in [5.41, 5.74) is 0.852. The lowest BCUT2D eigenvalue weighted by molar-refractivity contribution is -0.384. The van der Waals surface area contributed by atoms with Gasteiger partial charge in [0.05, 0.1) is 18.1 Å². The molecule has 1 fully saturated rings. The van der Waals surface area contributed by atoms with Gasteiger partial charge in [0.1, 0.15) is 0 Å². The van der Waals surface area contributed by atoms with Gasteiger partial charge in [-0.1, -0.05) is 0 Å². The summed E-state index contributed by atoms with van der Waals surface area (Å²) in [7, 11) is 1.58. The van der Waals surface area contributed by atoms with E-state index >= 15 is 0 Å². The van der Waals surface area contributed by atoms with Gasteiger partial charge in [-0.05, 0) is 49.9 Å². The normalized spacial score (nSPS) is 14.0. The molecule has 0 spiro atoms. The Hall–Kier alpha value is -3.09. The van der Waals surface area contributed by atoms with Crippen LogP contribution in [0.5, 0.6) is 11.5 Å². The molecule has 0 aliphatic heterocycles. The number of carbonyl (C=O) groups is 1. The zero-order chi connectivity index (χ0) is 18.5. The Kier molecular flexibility index (Phi) is 5.36. The highest BCUT2D eigenvalue weighted by molar-refractivity contribution is 6.04. The summed E-state index contributed by atoms with van der Waals surface area (Å²) < 4.78 is 11.4. The van der Waals surface area contributed by atoms with Crippen LogP contribution in [0.4, 0.5) is 11.4 Å². The molecule has 2 aromatic rings. The van der Waals surface area contributed by atoms with Gasteiger partial charge in [-0.3, -0.25) is 14.9 Å². The van der Waals surface area contributed by atoms with E-state index in [-0.39, 0.29) is 17.7 Å². The van der Waals surface area contributed by atoms with E-state index in [0.29, 0.717) is 22.7 Å². The molecule has 26 heavy (non-hydrogen) atoms. The Bertz CT molecular complexity index is 798. The second-order valence-electron chi connectivity index (χ2n) is 6.15. The van der Waals surface area contributed by atoms with Gasteiger partial charge in [0.15, 0.2) is 11.5 Å². The van der Waals surface area contributed by atoms with Gasteiger partial charge < -0.3 is 14.8 Å². The number of ether oxygens (including phenoxy) is 2. The van der Waals surface area contributed by atoms with Crippen LogP contribution in [0.2, 0.25) is 0 Å². The van der Waals surface area contributed by atoms with Crippen molar-refractivity contribution in [2.45, 2.75) is 31.8 Å². The molecule has 136 valence electrons. The first-order chi connectivity index (χ1) is 12.6. The van der Waals surface area contributed by atoms with E-state index in [1.54, 1.807) is 25.3 Å². The van der Waals surface area contributed by atoms with Crippen LogP contribution in [0.1, 0.15) is 36.0 Å². The summed E-state index contributed by atoms with van der Waals surface area (Å²) in [6.45, 7) is 0. The Labute approximate surface area is 151 Å². The maximum Gasteiger partial charge on any atom is 0.269 e. The number of rotatable bonds is 6. The third kappa shape index (κ3) is 4.11. The SMILES string of the molecule is COc1ccc(NC(=O)c2ccc([N+](=O)[O-])cc2)cc1OC1CCCC1. The van der Waals surface area contributed by atoms with E-state index in [1.165, 1.54) is 24.3 Å². The number of anilines is 1. The molecule has 1 amide bonds. The topological polar surface area (TPSA) is 90.7 Å². The molecule has 7 heteroatoms. The number of nitrogens with one attached hydrogen (secondary N) is 1. The Morgan fingerprint density at radius 1 is 1.12 bits per heavy atom. The van der Waals surface area contributed by atoms with Crippen molar-refractivity contribution in [2.75, 3.05) is 12.4 Å². The lowest BCUT2D eigenvalue weighted by Crippen LogP contribution is -2.14. The van der Waals surface area contributed by atoms with Gasteiger partial charge in [-0.2, -0.15) is 0 Å². The summed E-state index contributed by atoms with van der Waals surface area (Å²) in [5, 5.41) is 13.5. The van der Waals surface area contributed by atoms with E-state index in [4.69, 9.17) is 9.47 Å². The molecule has 0 aromatic heterocycles. The first-order valence-corrected chi connectivity index (χ1v) is 8.47. The smallest absolute Gasteiger partial charge is 0.269 e. The summed E-state index contributed by atoms with van der Waals surface area (Å²) >= 11 is 0. The predicted molar refractivity (Wildman–Crippen MR) is 96.9 cm³/mol. The van der Waals surface area contributed by atoms with Crippen molar-refractivity contribution in [1.29, 1.82) is 0 Å². The van der Waals surface area contributed by atoms with Gasteiger partial charge >= 0.3 is 0 Å². The number of hydrogen-bond donors (Lipinski definition) is 1. The van der Waals surface area contributed by atoms with E-state index in [9.17, 15) is 14.9 Å². The van der Waals surface area contributed by atoms with Gasteiger partial charge in [-0.25, -0.2) is 0 Å². The van der Waals surface area contributed by atoms with Crippen molar-refractivity contribution in [1.82, 2.24) is 0 Å². The number of amides is 1. The molecule has 0 atom stereocenters. The highest BCUT2D eigenvalue weighted by atomic mass is 16.6. The molecule has 7 nitrogen and oxygen atoms in total. The number of nitro groups is 1. The Morgan fingerprint density at radius 3 is 2.42 bits per heavy atom. The minimum Gasteiger partial charge on any atom is -0.493 e. The number of carbonyl (C=O) groups excluding carboxylic acids is 1. The first kappa shape index (κ1) is 17.7. The largest absolute Gasteiger partial charge is 0.493 e. The fourth-order valence-electron chi connectivity index (χ4n) is 2.97. The standard InChI is InChI=1S/C19H20N2O5/c1-25-17-11-8-14(12-18(17)26-16-4-2-3-5-16)20-19(22)13-6-9-15(10-7-13)21(23)24/h6-12,16H,2-5H2,1H3,(H,20,22). The minimum absolute atomic E-state index is 0.0572. The number of non-ortho nitro benzene ring substituents is 1. The van der Waals surface area contributed by atoms with E-state index in [1.807, 2.05) is 0 Å². The number of nitrogens with zero attached hydrogens (tertiary/aromatic N) is 1. The predicted octanol–water partition coefficient (Wildman–Crippen LogP) is 4.18. The van der Waals surface area contributed by atoms with Crippen LogP contribution in [0.25, 0.3) is 0 Å². The Morgan fingerprint density at radius 2 is 1.81 bits per heavy atom. The van der Waals surface area contributed by atoms with Gasteiger partial charge in [0.25, 0.3) is 11.6 Å². The average Bonchev–Trinajstić information content (AvgIpc) is 3.15. The summed E-state index contributed by atoms with van der Waals surface area (Å²) in [6.07, 6.45) is 4.52. The quantitative estimate of drug-likeness (QED) is 0.619. The number of methoxy groups -OCH3 is 1. The average molecular weight is 356 g/mol. The van der Waals surface area contributed by atoms with E-state index in [0.717, 1.165) is 25.7 Å². The zero-order valence-electron chi connectivity index (χ0n) is 14.4. The van der Waals surface area contributed by atoms with Crippen LogP contribution in [-0.4, -0.2) is 24.0 Å². The highest BCUT2D eigenvalue weighted by Gasteiger charge is 2.19. The summed E-state index contributed by atoms with van der Waals surface area (Å²) in [6, 6.07) is 10.7. The van der Waals surface area contributed by atoms with Crippen LogP contribution in [0.15, 0.2) is 42.5 Å². The molecule has 0 unspecified atom stereocenters. The van der Waals surface area contributed by atoms with Crippen LogP contribution in [0, 0.1) is 10.1 Å². The molecule has 3 rings (SSSR count). The molecule has 1 saturated carbocycles. The van der Waals surface area contributed by atoms with Crippen molar-refractivity contribution in [3.63, 3.8) is 0 Å². The maximum absolute atomic E-state index is 12.4. The fourth-order valence-corrected chi connectivity index (χ4v) is 2.97. The number of benzene rings is 2. The molecule has 0 saturated heterocycles. The molecular formula is C19H20N2O5. The van der Waals surface area contributed by atoms with E-state index < -0.39 is 4.92 Å². The molecule has 0 heterocycles. The molecule has 1 N–H and O–H groups in total. The van der Waals surface area contributed by atoms with Gasteiger partial charge in [0.2, 0.25) is 0 Å². The maximum atomic E-state index is 12.4. The highest BCUT2D eigenvalue weighted by Crippen LogP contribution is 2.34. The second kappa shape index (κ2) is 7.86. The fraction of sp³-hybridized carbons (Fsp3) is 0.316. The van der Waals surface area contributed by atoms with Crippen molar-refractivity contribution in [2.24, 2.45) is 0 Å². The van der Waals surface area contributed by atoms with Crippen molar-refractivity contribution in [3.05, 3.63) is 58.1 Å². The van der Waals surface area contributed by atoms with E-state index in [2.05, 4.69) is 5.32 Å². The van der Waals surface area contributed by atoms with Crippen LogP contribution >= 0.6 is 0 Å². The molecule has 1 aliphatic rings. The zero-order valence-corrected chi connectivity index (χ0v) is 14.4. The minimum atomic E-state index is -0.502. The first-order valence-electron chi connectivity index (χ1n) is 8.47. The lowest BCUT2D eigenvalue weighted by Gasteiger charge is -2.17. The van der Waals surface area contributed by atoms with Crippen LogP contribution in [-0.2, 0) is 0 Å². The number of hydrogen-bond acceptors (Lipinski definition) is 5. The number of nitro benzene ring substituents is 1. The van der Waals surface area contributed by atoms with Crippen molar-refractivity contribution < 1.29 is 19.2 Å². The third-order valence-corrected chi connectivity index (χ3v) is 4.36. The molecule has 0 radical (unpaired) electrons. The van der Waals surface area contributed by atoms with Crippen molar-refractivity contribution in [3.8, 4) is 11.5 Å². The molecular weight excluding hydrogens is 336 g/mol. The monoisotopic (exact) mass is 356 g/mol. The Balaban J connectivity index is 1.73. The van der Waals surface area contributed by atoms with Crippen LogP contribution in [0.3, 0.4) is 0 Å².